The van der Waals surface area contributed by atoms with Gasteiger partial charge < -0.3 is 15.1 Å². The number of anilines is 2. The van der Waals surface area contributed by atoms with Crippen molar-refractivity contribution in [2.75, 3.05) is 10.6 Å². The number of carbonyl (C=O) groups excluding carboxylic acids is 3. The lowest BCUT2D eigenvalue weighted by Gasteiger charge is -2.09. The zero-order valence-corrected chi connectivity index (χ0v) is 19.1. The summed E-state index contributed by atoms with van der Waals surface area (Å²) in [6.45, 7) is 2.12. The highest BCUT2D eigenvalue weighted by Gasteiger charge is 2.14. The summed E-state index contributed by atoms with van der Waals surface area (Å²) in [6, 6.07) is 10.6. The van der Waals surface area contributed by atoms with Crippen molar-refractivity contribution < 1.29 is 18.8 Å². The number of amides is 3. The number of aryl methyl sites for hydroxylation is 1. The van der Waals surface area contributed by atoms with Crippen LogP contribution in [-0.2, 0) is 29.1 Å². The Morgan fingerprint density at radius 3 is 2.76 bits per heavy atom. The molecule has 0 aliphatic rings. The maximum Gasteiger partial charge on any atom is 0.260 e. The molecule has 3 aromatic heterocycles. The molecule has 4 aromatic rings. The van der Waals surface area contributed by atoms with Gasteiger partial charge in [0.15, 0.2) is 5.13 Å². The van der Waals surface area contributed by atoms with E-state index in [9.17, 15) is 14.4 Å². The van der Waals surface area contributed by atoms with Crippen LogP contribution in [0.25, 0.3) is 0 Å². The minimum Gasteiger partial charge on any atom is -0.469 e. The standard InChI is InChI=1S/C23H22N6O4S/c1-15-19(6-9-33-15)22(32)28-23-27-18(14-34-23)11-20(30)24-12-16-4-2-5-17(10-16)26-21(31)13-29-8-3-7-25-29/h2-10,14H,11-13H2,1H3,(H,24,30)(H,26,31)(H,27,28,32). The molecule has 0 atom stereocenters. The van der Waals surface area contributed by atoms with Gasteiger partial charge in [0.1, 0.15) is 12.3 Å². The topological polar surface area (TPSA) is 131 Å². The lowest BCUT2D eigenvalue weighted by Crippen LogP contribution is -2.25. The van der Waals surface area contributed by atoms with Gasteiger partial charge in [0.2, 0.25) is 11.8 Å². The number of rotatable bonds is 9. The molecule has 3 N–H and O–H groups in total. The van der Waals surface area contributed by atoms with Gasteiger partial charge >= 0.3 is 0 Å². The first-order chi connectivity index (χ1) is 16.5. The molecule has 3 heterocycles. The quantitative estimate of drug-likeness (QED) is 0.339. The fourth-order valence-electron chi connectivity index (χ4n) is 3.16. The zero-order chi connectivity index (χ0) is 23.9. The summed E-state index contributed by atoms with van der Waals surface area (Å²) in [6.07, 6.45) is 4.86. The molecule has 0 saturated carbocycles. The van der Waals surface area contributed by atoms with Gasteiger partial charge in [0.05, 0.1) is 23.9 Å². The molecule has 34 heavy (non-hydrogen) atoms. The number of thiazole rings is 1. The molecule has 3 amide bonds. The third-order valence-electron chi connectivity index (χ3n) is 4.78. The van der Waals surface area contributed by atoms with E-state index < -0.39 is 0 Å². The molecule has 0 fully saturated rings. The van der Waals surface area contributed by atoms with Crippen LogP contribution in [-0.4, -0.2) is 32.5 Å². The molecule has 174 valence electrons. The number of hydrogen-bond donors (Lipinski definition) is 3. The van der Waals surface area contributed by atoms with Gasteiger partial charge in [-0.2, -0.15) is 5.10 Å². The molecule has 0 spiro atoms. The van der Waals surface area contributed by atoms with Gasteiger partial charge in [-0.3, -0.25) is 24.4 Å². The zero-order valence-electron chi connectivity index (χ0n) is 18.3. The first kappa shape index (κ1) is 22.9. The van der Waals surface area contributed by atoms with Crippen LogP contribution in [0, 0.1) is 6.92 Å². The molecular formula is C23H22N6O4S. The Morgan fingerprint density at radius 2 is 2.00 bits per heavy atom. The van der Waals surface area contributed by atoms with Crippen molar-refractivity contribution in [2.45, 2.75) is 26.4 Å². The number of aromatic nitrogens is 3. The van der Waals surface area contributed by atoms with Gasteiger partial charge in [-0.25, -0.2) is 4.98 Å². The maximum atomic E-state index is 12.4. The first-order valence-electron chi connectivity index (χ1n) is 10.4. The molecule has 0 aliphatic carbocycles. The molecule has 0 radical (unpaired) electrons. The van der Waals surface area contributed by atoms with E-state index in [2.05, 4.69) is 26.0 Å². The van der Waals surface area contributed by atoms with Crippen molar-refractivity contribution in [3.63, 3.8) is 0 Å². The van der Waals surface area contributed by atoms with E-state index >= 15 is 0 Å². The van der Waals surface area contributed by atoms with Crippen LogP contribution in [0.1, 0.15) is 27.4 Å². The summed E-state index contributed by atoms with van der Waals surface area (Å²) < 4.78 is 6.67. The second-order valence-corrected chi connectivity index (χ2v) is 8.25. The lowest BCUT2D eigenvalue weighted by atomic mass is 10.2. The van der Waals surface area contributed by atoms with Crippen LogP contribution in [0.4, 0.5) is 10.8 Å². The fourth-order valence-corrected chi connectivity index (χ4v) is 3.86. The van der Waals surface area contributed by atoms with Crippen LogP contribution in [0.5, 0.6) is 0 Å². The second-order valence-electron chi connectivity index (χ2n) is 7.39. The Hall–Kier alpha value is -4.25. The normalized spacial score (nSPS) is 10.6. The summed E-state index contributed by atoms with van der Waals surface area (Å²) in [5, 5.41) is 14.5. The van der Waals surface area contributed by atoms with Crippen LogP contribution in [0.2, 0.25) is 0 Å². The summed E-state index contributed by atoms with van der Waals surface area (Å²) in [5.41, 5.74) is 2.47. The van der Waals surface area contributed by atoms with Crippen molar-refractivity contribution in [3.8, 4) is 0 Å². The van der Waals surface area contributed by atoms with Gasteiger partial charge in [0.25, 0.3) is 5.91 Å². The van der Waals surface area contributed by atoms with E-state index in [0.717, 1.165) is 5.56 Å². The van der Waals surface area contributed by atoms with Crippen LogP contribution < -0.4 is 16.0 Å². The Balaban J connectivity index is 1.25. The SMILES string of the molecule is Cc1occc1C(=O)Nc1nc(CC(=O)NCc2cccc(NC(=O)Cn3cccn3)c2)cs1. The second kappa shape index (κ2) is 10.6. The predicted octanol–water partition coefficient (Wildman–Crippen LogP) is 2.99. The van der Waals surface area contributed by atoms with Gasteiger partial charge in [-0.05, 0) is 36.8 Å². The van der Waals surface area contributed by atoms with E-state index in [1.54, 1.807) is 49.0 Å². The average Bonchev–Trinajstić information content (AvgIpc) is 3.56. The number of nitrogens with one attached hydrogen (secondary N) is 3. The maximum absolute atomic E-state index is 12.4. The number of furan rings is 1. The summed E-state index contributed by atoms with van der Waals surface area (Å²) in [5.74, 6) is -0.190. The fraction of sp³-hybridized carbons (Fsp3) is 0.174. The molecule has 0 unspecified atom stereocenters. The van der Waals surface area contributed by atoms with Crippen LogP contribution in [0.3, 0.4) is 0 Å². The van der Waals surface area contributed by atoms with E-state index in [-0.39, 0.29) is 30.7 Å². The molecule has 10 nitrogen and oxygen atoms in total. The molecule has 4 rings (SSSR count). The van der Waals surface area contributed by atoms with Gasteiger partial charge in [0, 0.05) is 30.0 Å². The summed E-state index contributed by atoms with van der Waals surface area (Å²) >= 11 is 1.25. The minimum atomic E-state index is -0.312. The monoisotopic (exact) mass is 478 g/mol. The molecule has 11 heteroatoms. The highest BCUT2D eigenvalue weighted by atomic mass is 32.1. The van der Waals surface area contributed by atoms with Crippen molar-refractivity contribution in [1.29, 1.82) is 0 Å². The first-order valence-corrected chi connectivity index (χ1v) is 11.3. The number of hydrogen-bond acceptors (Lipinski definition) is 7. The van der Waals surface area contributed by atoms with E-state index in [1.807, 2.05) is 12.1 Å². The smallest absolute Gasteiger partial charge is 0.260 e. The minimum absolute atomic E-state index is 0.0808. The molecule has 0 aliphatic heterocycles. The lowest BCUT2D eigenvalue weighted by molar-refractivity contribution is -0.120. The Bertz CT molecular complexity index is 1290. The Kier molecular flexibility index (Phi) is 7.13. The van der Waals surface area contributed by atoms with Crippen molar-refractivity contribution in [2.24, 2.45) is 0 Å². The third-order valence-corrected chi connectivity index (χ3v) is 5.59. The highest BCUT2D eigenvalue weighted by molar-refractivity contribution is 7.14. The third kappa shape index (κ3) is 6.17. The van der Waals surface area contributed by atoms with Crippen LogP contribution >= 0.6 is 11.3 Å². The molecule has 0 saturated heterocycles. The van der Waals surface area contributed by atoms with Crippen molar-refractivity contribution in [3.05, 3.63) is 83.0 Å². The van der Waals surface area contributed by atoms with E-state index in [1.165, 1.54) is 22.3 Å². The molecular weight excluding hydrogens is 456 g/mol. The van der Waals surface area contributed by atoms with Crippen molar-refractivity contribution >= 4 is 39.9 Å². The van der Waals surface area contributed by atoms with Crippen LogP contribution in [0.15, 0.2) is 64.9 Å². The largest absolute Gasteiger partial charge is 0.469 e. The van der Waals surface area contributed by atoms with E-state index in [0.29, 0.717) is 34.4 Å². The Morgan fingerprint density at radius 1 is 1.12 bits per heavy atom. The number of benzene rings is 1. The average molecular weight is 479 g/mol. The van der Waals surface area contributed by atoms with Gasteiger partial charge in [-0.15, -0.1) is 11.3 Å². The number of carbonyl (C=O) groups is 3. The summed E-state index contributed by atoms with van der Waals surface area (Å²) in [7, 11) is 0. The van der Waals surface area contributed by atoms with Gasteiger partial charge in [-0.1, -0.05) is 12.1 Å². The van der Waals surface area contributed by atoms with E-state index in [4.69, 9.17) is 4.42 Å². The molecule has 1 aromatic carbocycles. The number of nitrogens with zero attached hydrogens (tertiary/aromatic N) is 3. The summed E-state index contributed by atoms with van der Waals surface area (Å²) in [4.78, 5) is 41.0. The van der Waals surface area contributed by atoms with Crippen molar-refractivity contribution in [1.82, 2.24) is 20.1 Å². The molecule has 0 bridgehead atoms. The highest BCUT2D eigenvalue weighted by Crippen LogP contribution is 2.18. The Labute approximate surface area is 199 Å². The predicted molar refractivity (Wildman–Crippen MR) is 126 cm³/mol.